The first-order valence-corrected chi connectivity index (χ1v) is 7.00. The maximum Gasteiger partial charge on any atom is 0.0549 e. The largest absolute Gasteiger partial charge is 0.393 e. The van der Waals surface area contributed by atoms with Gasteiger partial charge in [-0.1, -0.05) is 19.1 Å². The van der Waals surface area contributed by atoms with Gasteiger partial charge in [0.05, 0.1) is 6.10 Å². The minimum absolute atomic E-state index is 0.161. The predicted octanol–water partition coefficient (Wildman–Crippen LogP) is 2.66. The van der Waals surface area contributed by atoms with E-state index in [1.165, 1.54) is 10.5 Å². The molecule has 0 saturated carbocycles. The molecule has 0 bridgehead atoms. The second-order valence-corrected chi connectivity index (χ2v) is 4.76. The van der Waals surface area contributed by atoms with Crippen molar-refractivity contribution in [2.75, 3.05) is 12.8 Å². The molecule has 0 aromatic heterocycles. The Hall–Kier alpha value is -0.510. The van der Waals surface area contributed by atoms with E-state index in [2.05, 4.69) is 35.8 Å². The highest BCUT2D eigenvalue weighted by Crippen LogP contribution is 2.14. The Morgan fingerprint density at radius 3 is 2.56 bits per heavy atom. The molecule has 1 aromatic rings. The van der Waals surface area contributed by atoms with Crippen LogP contribution >= 0.6 is 11.8 Å². The average Bonchev–Trinajstić information content (AvgIpc) is 2.35. The van der Waals surface area contributed by atoms with Crippen LogP contribution in [-0.2, 0) is 6.54 Å². The monoisotopic (exact) mass is 239 g/mol. The smallest absolute Gasteiger partial charge is 0.0549 e. The molecule has 0 aliphatic rings. The number of aliphatic hydroxyl groups excluding tert-OH is 1. The van der Waals surface area contributed by atoms with Crippen molar-refractivity contribution in [1.82, 2.24) is 5.32 Å². The van der Waals surface area contributed by atoms with Gasteiger partial charge in [0.1, 0.15) is 0 Å². The zero-order valence-electron chi connectivity index (χ0n) is 10.1. The maximum atomic E-state index is 9.38. The molecule has 0 radical (unpaired) electrons. The van der Waals surface area contributed by atoms with Crippen molar-refractivity contribution in [3.63, 3.8) is 0 Å². The maximum absolute atomic E-state index is 9.38. The first kappa shape index (κ1) is 13.6. The molecule has 90 valence electrons. The second kappa shape index (κ2) is 7.71. The number of rotatable bonds is 7. The van der Waals surface area contributed by atoms with E-state index in [9.17, 15) is 5.11 Å². The number of hydrogen-bond donors (Lipinski definition) is 2. The predicted molar refractivity (Wildman–Crippen MR) is 70.8 cm³/mol. The Labute approximate surface area is 102 Å². The lowest BCUT2D eigenvalue weighted by Crippen LogP contribution is -2.19. The quantitative estimate of drug-likeness (QED) is 0.567. The van der Waals surface area contributed by atoms with Crippen LogP contribution in [-0.4, -0.2) is 24.0 Å². The van der Waals surface area contributed by atoms with Crippen molar-refractivity contribution < 1.29 is 5.11 Å². The number of thioether (sulfide) groups is 1. The van der Waals surface area contributed by atoms with Crippen molar-refractivity contribution in [3.05, 3.63) is 29.8 Å². The molecule has 1 rings (SSSR count). The molecule has 2 N–H and O–H groups in total. The molecule has 0 saturated heterocycles. The Morgan fingerprint density at radius 1 is 1.31 bits per heavy atom. The van der Waals surface area contributed by atoms with E-state index in [0.717, 1.165) is 25.9 Å². The van der Waals surface area contributed by atoms with Crippen LogP contribution in [0.4, 0.5) is 0 Å². The van der Waals surface area contributed by atoms with E-state index < -0.39 is 0 Å². The fourth-order valence-corrected chi connectivity index (χ4v) is 1.86. The Kier molecular flexibility index (Phi) is 6.53. The van der Waals surface area contributed by atoms with Crippen LogP contribution in [0.1, 0.15) is 25.3 Å². The summed E-state index contributed by atoms with van der Waals surface area (Å²) in [4.78, 5) is 1.30. The van der Waals surface area contributed by atoms with Gasteiger partial charge in [-0.2, -0.15) is 0 Å². The molecule has 0 heterocycles. The molecule has 0 spiro atoms. The van der Waals surface area contributed by atoms with E-state index in [0.29, 0.717) is 0 Å². The van der Waals surface area contributed by atoms with Gasteiger partial charge in [-0.05, 0) is 43.3 Å². The molecular weight excluding hydrogens is 218 g/mol. The second-order valence-electron chi connectivity index (χ2n) is 3.88. The number of hydrogen-bond acceptors (Lipinski definition) is 3. The Bertz CT molecular complexity index is 286. The third kappa shape index (κ3) is 5.01. The molecule has 0 aliphatic heterocycles. The van der Waals surface area contributed by atoms with Crippen molar-refractivity contribution in [3.8, 4) is 0 Å². The van der Waals surface area contributed by atoms with Gasteiger partial charge in [-0.25, -0.2) is 0 Å². The van der Waals surface area contributed by atoms with Crippen molar-refractivity contribution >= 4 is 11.8 Å². The van der Waals surface area contributed by atoms with Gasteiger partial charge >= 0.3 is 0 Å². The molecule has 0 aliphatic carbocycles. The summed E-state index contributed by atoms with van der Waals surface area (Å²) in [5.74, 6) is 0. The number of nitrogens with one attached hydrogen (secondary N) is 1. The normalized spacial score (nSPS) is 12.7. The van der Waals surface area contributed by atoms with Gasteiger partial charge in [0.15, 0.2) is 0 Å². The summed E-state index contributed by atoms with van der Waals surface area (Å²) in [6.07, 6.45) is 3.59. The zero-order chi connectivity index (χ0) is 11.8. The van der Waals surface area contributed by atoms with E-state index >= 15 is 0 Å². The summed E-state index contributed by atoms with van der Waals surface area (Å²) < 4.78 is 0. The molecular formula is C13H21NOS. The topological polar surface area (TPSA) is 32.3 Å². The first-order chi connectivity index (χ1) is 7.76. The molecule has 0 fully saturated rings. The van der Waals surface area contributed by atoms with Gasteiger partial charge in [-0.15, -0.1) is 11.8 Å². The van der Waals surface area contributed by atoms with Crippen LogP contribution in [0.5, 0.6) is 0 Å². The molecule has 2 nitrogen and oxygen atoms in total. The summed E-state index contributed by atoms with van der Waals surface area (Å²) in [7, 11) is 0. The van der Waals surface area contributed by atoms with Gasteiger partial charge in [0.25, 0.3) is 0 Å². The number of aliphatic hydroxyl groups is 1. The standard InChI is InChI=1S/C13H21NOS/c1-3-12(15)8-9-14-10-11-4-6-13(16-2)7-5-11/h4-7,12,14-15H,3,8-10H2,1-2H3. The lowest BCUT2D eigenvalue weighted by atomic mass is 10.2. The summed E-state index contributed by atoms with van der Waals surface area (Å²) in [6, 6.07) is 8.58. The van der Waals surface area contributed by atoms with Crippen LogP contribution in [0.25, 0.3) is 0 Å². The highest BCUT2D eigenvalue weighted by Gasteiger charge is 1.99. The van der Waals surface area contributed by atoms with E-state index in [1.807, 2.05) is 6.92 Å². The van der Waals surface area contributed by atoms with Crippen LogP contribution in [0.3, 0.4) is 0 Å². The van der Waals surface area contributed by atoms with Crippen LogP contribution in [0.15, 0.2) is 29.2 Å². The third-order valence-electron chi connectivity index (χ3n) is 2.61. The fraction of sp³-hybridized carbons (Fsp3) is 0.538. The van der Waals surface area contributed by atoms with Crippen LogP contribution in [0, 0.1) is 0 Å². The van der Waals surface area contributed by atoms with Gasteiger partial charge in [0, 0.05) is 11.4 Å². The molecule has 0 amide bonds. The first-order valence-electron chi connectivity index (χ1n) is 5.78. The van der Waals surface area contributed by atoms with Gasteiger partial charge in [-0.3, -0.25) is 0 Å². The summed E-state index contributed by atoms with van der Waals surface area (Å²) in [6.45, 7) is 3.76. The number of benzene rings is 1. The highest BCUT2D eigenvalue weighted by molar-refractivity contribution is 7.98. The Balaban J connectivity index is 2.21. The SMILES string of the molecule is CCC(O)CCNCc1ccc(SC)cc1. The third-order valence-corrected chi connectivity index (χ3v) is 3.36. The minimum Gasteiger partial charge on any atom is -0.393 e. The molecule has 1 unspecified atom stereocenters. The molecule has 1 atom stereocenters. The van der Waals surface area contributed by atoms with Crippen molar-refractivity contribution in [2.45, 2.75) is 37.3 Å². The summed E-state index contributed by atoms with van der Waals surface area (Å²) in [5, 5.41) is 12.7. The van der Waals surface area contributed by atoms with Crippen molar-refractivity contribution in [2.24, 2.45) is 0 Å². The average molecular weight is 239 g/mol. The van der Waals surface area contributed by atoms with E-state index in [-0.39, 0.29) is 6.10 Å². The Morgan fingerprint density at radius 2 is 2.00 bits per heavy atom. The highest BCUT2D eigenvalue weighted by atomic mass is 32.2. The van der Waals surface area contributed by atoms with E-state index in [1.54, 1.807) is 11.8 Å². The summed E-state index contributed by atoms with van der Waals surface area (Å²) >= 11 is 1.76. The van der Waals surface area contributed by atoms with Gasteiger partial charge in [0.2, 0.25) is 0 Å². The molecule has 1 aromatic carbocycles. The van der Waals surface area contributed by atoms with Gasteiger partial charge < -0.3 is 10.4 Å². The lowest BCUT2D eigenvalue weighted by Gasteiger charge is -2.09. The van der Waals surface area contributed by atoms with Crippen molar-refractivity contribution in [1.29, 1.82) is 0 Å². The molecule has 16 heavy (non-hydrogen) atoms. The fourth-order valence-electron chi connectivity index (χ4n) is 1.45. The van der Waals surface area contributed by atoms with Crippen LogP contribution < -0.4 is 5.32 Å². The zero-order valence-corrected chi connectivity index (χ0v) is 10.9. The summed E-state index contributed by atoms with van der Waals surface area (Å²) in [5.41, 5.74) is 1.30. The van der Waals surface area contributed by atoms with E-state index in [4.69, 9.17) is 0 Å². The lowest BCUT2D eigenvalue weighted by molar-refractivity contribution is 0.159. The minimum atomic E-state index is -0.161. The van der Waals surface area contributed by atoms with Crippen LogP contribution in [0.2, 0.25) is 0 Å². The molecule has 3 heteroatoms.